The summed E-state index contributed by atoms with van der Waals surface area (Å²) in [6.07, 6.45) is -2.74. The Balaban J connectivity index is 1.77. The van der Waals surface area contributed by atoms with Crippen LogP contribution in [0.4, 0.5) is 13.2 Å². The van der Waals surface area contributed by atoms with E-state index < -0.39 is 27.6 Å². The lowest BCUT2D eigenvalue weighted by Gasteiger charge is -2.20. The van der Waals surface area contributed by atoms with Crippen molar-refractivity contribution in [1.29, 1.82) is 0 Å². The molecule has 24 heavy (non-hydrogen) atoms. The Bertz CT molecular complexity index is 753. The summed E-state index contributed by atoms with van der Waals surface area (Å²) in [5.74, 6) is -0.629. The molecule has 0 aromatic carbocycles. The molecule has 10 heteroatoms. The van der Waals surface area contributed by atoms with Gasteiger partial charge >= 0.3 is 6.18 Å². The van der Waals surface area contributed by atoms with Crippen molar-refractivity contribution in [3.63, 3.8) is 0 Å². The summed E-state index contributed by atoms with van der Waals surface area (Å²) >= 11 is 0. The monoisotopic (exact) mass is 365 g/mol. The number of carbonyl (C=O) groups is 1. The number of alkyl halides is 3. The quantitative estimate of drug-likeness (QED) is 0.815. The van der Waals surface area contributed by atoms with Crippen molar-refractivity contribution in [3.05, 3.63) is 17.5 Å². The Morgan fingerprint density at radius 2 is 2.04 bits per heavy atom. The molecule has 0 bridgehead atoms. The Morgan fingerprint density at radius 1 is 1.38 bits per heavy atom. The van der Waals surface area contributed by atoms with Gasteiger partial charge in [0, 0.05) is 19.7 Å². The van der Waals surface area contributed by atoms with Gasteiger partial charge in [0.05, 0.1) is 17.5 Å². The summed E-state index contributed by atoms with van der Waals surface area (Å²) in [7, 11) is -1.59. The summed E-state index contributed by atoms with van der Waals surface area (Å²) in [4.78, 5) is 13.8. The lowest BCUT2D eigenvalue weighted by atomic mass is 10.1. The summed E-state index contributed by atoms with van der Waals surface area (Å²) in [5.41, 5.74) is -1.16. The smallest absolute Gasteiger partial charge is 0.340 e. The Kier molecular flexibility index (Phi) is 4.13. The van der Waals surface area contributed by atoms with Crippen LogP contribution in [-0.2, 0) is 16.0 Å². The maximum atomic E-state index is 12.9. The predicted molar refractivity (Wildman–Crippen MR) is 79.2 cm³/mol. The first-order valence-corrected chi connectivity index (χ1v) is 9.51. The van der Waals surface area contributed by atoms with Crippen LogP contribution in [0.2, 0.25) is 0 Å². The van der Waals surface area contributed by atoms with Gasteiger partial charge in [0.1, 0.15) is 5.69 Å². The van der Waals surface area contributed by atoms with Gasteiger partial charge in [-0.05, 0) is 25.2 Å². The largest absolute Gasteiger partial charge is 0.435 e. The first-order chi connectivity index (χ1) is 11.1. The van der Waals surface area contributed by atoms with Crippen molar-refractivity contribution in [3.8, 4) is 0 Å². The fourth-order valence-electron chi connectivity index (χ4n) is 2.97. The molecule has 6 nitrogen and oxygen atoms in total. The van der Waals surface area contributed by atoms with Crippen LogP contribution >= 0.6 is 0 Å². The number of sulfone groups is 1. The zero-order valence-corrected chi connectivity index (χ0v) is 13.9. The number of hydrogen-bond acceptors (Lipinski definition) is 4. The third-order valence-corrected chi connectivity index (χ3v) is 6.18. The normalized spacial score (nSPS) is 23.4. The molecule has 0 spiro atoms. The van der Waals surface area contributed by atoms with Crippen molar-refractivity contribution < 1.29 is 26.4 Å². The van der Waals surface area contributed by atoms with E-state index in [9.17, 15) is 26.4 Å². The van der Waals surface area contributed by atoms with Crippen LogP contribution in [-0.4, -0.2) is 54.1 Å². The third kappa shape index (κ3) is 3.57. The average molecular weight is 365 g/mol. The maximum absolute atomic E-state index is 12.9. The molecule has 2 fully saturated rings. The van der Waals surface area contributed by atoms with E-state index in [4.69, 9.17) is 0 Å². The molecule has 1 aliphatic heterocycles. The van der Waals surface area contributed by atoms with E-state index in [1.807, 2.05) is 0 Å². The minimum Gasteiger partial charge on any atom is -0.340 e. The molecule has 3 rings (SSSR count). The van der Waals surface area contributed by atoms with E-state index in [1.54, 1.807) is 0 Å². The lowest BCUT2D eigenvalue weighted by molar-refractivity contribution is -0.141. The Labute approximate surface area is 137 Å². The van der Waals surface area contributed by atoms with Crippen molar-refractivity contribution >= 4 is 15.7 Å². The molecule has 0 radical (unpaired) electrons. The average Bonchev–Trinajstić information content (AvgIpc) is 3.10. The van der Waals surface area contributed by atoms with Crippen LogP contribution < -0.4 is 0 Å². The van der Waals surface area contributed by atoms with E-state index in [-0.39, 0.29) is 35.7 Å². The topological polar surface area (TPSA) is 72.3 Å². The van der Waals surface area contributed by atoms with E-state index >= 15 is 0 Å². The highest BCUT2D eigenvalue weighted by Crippen LogP contribution is 2.38. The van der Waals surface area contributed by atoms with Gasteiger partial charge in [-0.15, -0.1) is 0 Å². The lowest BCUT2D eigenvalue weighted by Crippen LogP contribution is -2.33. The second-order valence-electron chi connectivity index (χ2n) is 6.54. The minimum absolute atomic E-state index is 0.0142. The van der Waals surface area contributed by atoms with Gasteiger partial charge in [-0.2, -0.15) is 18.3 Å². The van der Waals surface area contributed by atoms with Crippen LogP contribution in [0.15, 0.2) is 6.07 Å². The zero-order valence-electron chi connectivity index (χ0n) is 13.1. The van der Waals surface area contributed by atoms with Crippen LogP contribution in [0.25, 0.3) is 0 Å². The second-order valence-corrected chi connectivity index (χ2v) is 8.77. The molecule has 1 atom stereocenters. The van der Waals surface area contributed by atoms with Gasteiger partial charge in [0.2, 0.25) is 0 Å². The van der Waals surface area contributed by atoms with Crippen molar-refractivity contribution in [1.82, 2.24) is 14.7 Å². The van der Waals surface area contributed by atoms with Gasteiger partial charge in [-0.25, -0.2) is 8.42 Å². The fourth-order valence-corrected chi connectivity index (χ4v) is 4.82. The number of amides is 1. The molecular formula is C14H18F3N3O3S. The maximum Gasteiger partial charge on any atom is 0.435 e. The second kappa shape index (κ2) is 5.75. The molecular weight excluding hydrogens is 347 g/mol. The highest BCUT2D eigenvalue weighted by atomic mass is 32.2. The molecule has 1 unspecified atom stereocenters. The predicted octanol–water partition coefficient (Wildman–Crippen LogP) is 1.74. The number of carbonyl (C=O) groups excluding carboxylic acids is 1. The van der Waals surface area contributed by atoms with E-state index in [0.29, 0.717) is 19.3 Å². The van der Waals surface area contributed by atoms with E-state index in [2.05, 4.69) is 5.10 Å². The molecule has 1 amide bonds. The SMILES string of the molecule is CN(CC1CCS(=O)(=O)C1)C(=O)c1cc(C(F)(F)F)nn1C1CC1. The molecule has 1 saturated carbocycles. The summed E-state index contributed by atoms with van der Waals surface area (Å²) in [5, 5.41) is 3.55. The standard InChI is InChI=1S/C14H18F3N3O3S/c1-19(7-9-4-5-24(22,23)8-9)13(21)11-6-12(14(15,16)17)18-20(11)10-2-3-10/h6,9-10H,2-5,7-8H2,1H3. The number of hydrogen-bond donors (Lipinski definition) is 0. The van der Waals surface area contributed by atoms with Gasteiger partial charge < -0.3 is 4.90 Å². The number of rotatable bonds is 4. The summed E-state index contributed by atoms with van der Waals surface area (Å²) < 4.78 is 62.8. The Morgan fingerprint density at radius 3 is 2.54 bits per heavy atom. The van der Waals surface area contributed by atoms with Crippen molar-refractivity contribution in [2.75, 3.05) is 25.1 Å². The van der Waals surface area contributed by atoms with E-state index in [1.165, 1.54) is 11.9 Å². The highest BCUT2D eigenvalue weighted by Gasteiger charge is 2.39. The van der Waals surface area contributed by atoms with Crippen molar-refractivity contribution in [2.45, 2.75) is 31.5 Å². The van der Waals surface area contributed by atoms with Crippen molar-refractivity contribution in [2.24, 2.45) is 5.92 Å². The third-order valence-electron chi connectivity index (χ3n) is 4.34. The molecule has 1 aliphatic carbocycles. The molecule has 1 saturated heterocycles. The number of aromatic nitrogens is 2. The first-order valence-electron chi connectivity index (χ1n) is 7.69. The summed E-state index contributed by atoms with van der Waals surface area (Å²) in [6, 6.07) is 0.614. The molecule has 2 heterocycles. The fraction of sp³-hybridized carbons (Fsp3) is 0.714. The van der Waals surface area contributed by atoms with Crippen LogP contribution in [0.3, 0.4) is 0 Å². The number of halogens is 3. The number of nitrogens with zero attached hydrogens (tertiary/aromatic N) is 3. The molecule has 0 N–H and O–H groups in total. The van der Waals surface area contributed by atoms with Crippen LogP contribution in [0.1, 0.15) is 41.5 Å². The van der Waals surface area contributed by atoms with Gasteiger partial charge in [0.25, 0.3) is 5.91 Å². The van der Waals surface area contributed by atoms with Crippen LogP contribution in [0, 0.1) is 5.92 Å². The van der Waals surface area contributed by atoms with E-state index in [0.717, 1.165) is 10.7 Å². The zero-order chi connectivity index (χ0) is 17.7. The molecule has 2 aliphatic rings. The molecule has 1 aromatic heterocycles. The van der Waals surface area contributed by atoms with Gasteiger partial charge in [-0.1, -0.05) is 0 Å². The summed E-state index contributed by atoms with van der Waals surface area (Å²) in [6.45, 7) is 0.204. The van der Waals surface area contributed by atoms with Gasteiger partial charge in [0.15, 0.2) is 15.5 Å². The molecule has 134 valence electrons. The van der Waals surface area contributed by atoms with Crippen LogP contribution in [0.5, 0.6) is 0 Å². The highest BCUT2D eigenvalue weighted by molar-refractivity contribution is 7.91. The first kappa shape index (κ1) is 17.2. The van der Waals surface area contributed by atoms with Gasteiger partial charge in [-0.3, -0.25) is 9.48 Å². The minimum atomic E-state index is -4.60. The molecule has 1 aromatic rings. The Hall–Kier alpha value is -1.58.